The summed E-state index contributed by atoms with van der Waals surface area (Å²) in [4.78, 5) is 25.5. The van der Waals surface area contributed by atoms with E-state index in [0.717, 1.165) is 6.42 Å². The summed E-state index contributed by atoms with van der Waals surface area (Å²) in [7, 11) is 1.38. The van der Waals surface area contributed by atoms with Crippen LogP contribution in [0.1, 0.15) is 27.2 Å². The second kappa shape index (κ2) is 5.24. The second-order valence-corrected chi connectivity index (χ2v) is 6.60. The van der Waals surface area contributed by atoms with Crippen LogP contribution in [-0.4, -0.2) is 56.0 Å². The van der Waals surface area contributed by atoms with Crippen molar-refractivity contribution in [2.75, 3.05) is 33.4 Å². The number of hydrogen-bond donors (Lipinski definition) is 0. The first-order chi connectivity index (χ1) is 9.27. The average molecular weight is 285 g/mol. The Hall–Kier alpha value is -1.30. The smallest absolute Gasteiger partial charge is 0.410 e. The summed E-state index contributed by atoms with van der Waals surface area (Å²) in [6, 6.07) is 0. The molecule has 2 saturated heterocycles. The van der Waals surface area contributed by atoms with Gasteiger partial charge in [-0.15, -0.1) is 0 Å². The summed E-state index contributed by atoms with van der Waals surface area (Å²) in [5.41, 5.74) is -0.709. The molecular weight excluding hydrogens is 262 g/mol. The SMILES string of the molecule is COC(=O)C1COCCC12CN(C(=O)OC(C)(C)C)C2. The molecule has 0 N–H and O–H groups in total. The minimum absolute atomic E-state index is 0.206. The maximum Gasteiger partial charge on any atom is 0.410 e. The number of methoxy groups -OCH3 is 1. The van der Waals surface area contributed by atoms with Gasteiger partial charge in [0.25, 0.3) is 0 Å². The van der Waals surface area contributed by atoms with Gasteiger partial charge in [0.1, 0.15) is 5.60 Å². The van der Waals surface area contributed by atoms with Crippen molar-refractivity contribution in [2.24, 2.45) is 11.3 Å². The predicted octanol–water partition coefficient (Wildman–Crippen LogP) is 1.43. The minimum atomic E-state index is -0.503. The summed E-state index contributed by atoms with van der Waals surface area (Å²) < 4.78 is 15.6. The van der Waals surface area contributed by atoms with Crippen LogP contribution in [0.2, 0.25) is 0 Å². The van der Waals surface area contributed by atoms with E-state index in [9.17, 15) is 9.59 Å². The Bertz CT molecular complexity index is 395. The number of esters is 1. The first-order valence-electron chi connectivity index (χ1n) is 6.91. The number of rotatable bonds is 1. The van der Waals surface area contributed by atoms with Crippen molar-refractivity contribution < 1.29 is 23.8 Å². The maximum absolute atomic E-state index is 12.0. The zero-order valence-electron chi connectivity index (χ0n) is 12.6. The molecule has 2 aliphatic heterocycles. The normalized spacial score (nSPS) is 25.0. The van der Waals surface area contributed by atoms with Crippen molar-refractivity contribution >= 4 is 12.1 Å². The van der Waals surface area contributed by atoms with Gasteiger partial charge in [-0.1, -0.05) is 0 Å². The molecule has 20 heavy (non-hydrogen) atoms. The third-order valence-electron chi connectivity index (χ3n) is 3.92. The summed E-state index contributed by atoms with van der Waals surface area (Å²) in [6.45, 7) is 7.57. The van der Waals surface area contributed by atoms with Gasteiger partial charge in [-0.25, -0.2) is 4.79 Å². The number of carbonyl (C=O) groups is 2. The minimum Gasteiger partial charge on any atom is -0.469 e. The number of ether oxygens (including phenoxy) is 3. The van der Waals surface area contributed by atoms with Gasteiger partial charge in [0.15, 0.2) is 0 Å². The van der Waals surface area contributed by atoms with Gasteiger partial charge in [0.05, 0.1) is 19.6 Å². The van der Waals surface area contributed by atoms with Crippen LogP contribution in [0.3, 0.4) is 0 Å². The van der Waals surface area contributed by atoms with Crippen LogP contribution < -0.4 is 0 Å². The third-order valence-corrected chi connectivity index (χ3v) is 3.92. The van der Waals surface area contributed by atoms with Crippen molar-refractivity contribution in [1.29, 1.82) is 0 Å². The van der Waals surface area contributed by atoms with E-state index < -0.39 is 5.60 Å². The zero-order valence-corrected chi connectivity index (χ0v) is 12.6. The first kappa shape index (κ1) is 15.1. The molecular formula is C14H23NO5. The molecule has 2 heterocycles. The largest absolute Gasteiger partial charge is 0.469 e. The highest BCUT2D eigenvalue weighted by molar-refractivity contribution is 5.75. The van der Waals surface area contributed by atoms with Gasteiger partial charge in [-0.05, 0) is 27.2 Å². The van der Waals surface area contributed by atoms with Crippen LogP contribution in [0.4, 0.5) is 4.79 Å². The fourth-order valence-corrected chi connectivity index (χ4v) is 2.84. The van der Waals surface area contributed by atoms with Crippen molar-refractivity contribution in [1.82, 2.24) is 4.90 Å². The molecule has 6 heteroatoms. The maximum atomic E-state index is 12.0. The van der Waals surface area contributed by atoms with Gasteiger partial charge in [-0.2, -0.15) is 0 Å². The van der Waals surface area contributed by atoms with E-state index in [1.165, 1.54) is 7.11 Å². The van der Waals surface area contributed by atoms with Gasteiger partial charge in [-0.3, -0.25) is 4.79 Å². The molecule has 6 nitrogen and oxygen atoms in total. The van der Waals surface area contributed by atoms with Gasteiger partial charge < -0.3 is 19.1 Å². The fraction of sp³-hybridized carbons (Fsp3) is 0.857. The van der Waals surface area contributed by atoms with Crippen LogP contribution in [0.5, 0.6) is 0 Å². The number of nitrogens with zero attached hydrogens (tertiary/aromatic N) is 1. The van der Waals surface area contributed by atoms with Crippen molar-refractivity contribution in [3.05, 3.63) is 0 Å². The quantitative estimate of drug-likeness (QED) is 0.682. The highest BCUT2D eigenvalue weighted by atomic mass is 16.6. The van der Waals surface area contributed by atoms with Gasteiger partial charge >= 0.3 is 12.1 Å². The number of hydrogen-bond acceptors (Lipinski definition) is 5. The van der Waals surface area contributed by atoms with E-state index in [4.69, 9.17) is 14.2 Å². The number of amides is 1. The molecule has 2 rings (SSSR count). The molecule has 0 aromatic rings. The van der Waals surface area contributed by atoms with Crippen molar-refractivity contribution in [3.8, 4) is 0 Å². The fourth-order valence-electron chi connectivity index (χ4n) is 2.84. The zero-order chi connectivity index (χ0) is 15.0. The summed E-state index contributed by atoms with van der Waals surface area (Å²) in [5.74, 6) is -0.548. The van der Waals surface area contributed by atoms with E-state index >= 15 is 0 Å². The molecule has 114 valence electrons. The van der Waals surface area contributed by atoms with E-state index in [2.05, 4.69) is 0 Å². The lowest BCUT2D eigenvalue weighted by molar-refractivity contribution is -0.173. The Kier molecular flexibility index (Phi) is 3.95. The summed E-state index contributed by atoms with van der Waals surface area (Å²) in [5, 5.41) is 0. The standard InChI is InChI=1S/C14H23NO5/c1-13(2,3)20-12(17)15-8-14(9-15)5-6-19-7-10(14)11(16)18-4/h10H,5-9H2,1-4H3. The van der Waals surface area contributed by atoms with E-state index in [1.54, 1.807) is 4.90 Å². The van der Waals surface area contributed by atoms with Crippen LogP contribution in [0.15, 0.2) is 0 Å². The second-order valence-electron chi connectivity index (χ2n) is 6.60. The summed E-state index contributed by atoms with van der Waals surface area (Å²) >= 11 is 0. The topological polar surface area (TPSA) is 65.1 Å². The average Bonchev–Trinajstić information content (AvgIpc) is 2.32. The van der Waals surface area contributed by atoms with Crippen molar-refractivity contribution in [2.45, 2.75) is 32.8 Å². The van der Waals surface area contributed by atoms with Gasteiger partial charge in [0.2, 0.25) is 0 Å². The molecule has 0 radical (unpaired) electrons. The molecule has 0 aliphatic carbocycles. The molecule has 0 saturated carbocycles. The summed E-state index contributed by atoms with van der Waals surface area (Å²) in [6.07, 6.45) is 0.449. The number of likely N-dealkylation sites (tertiary alicyclic amines) is 1. The highest BCUT2D eigenvalue weighted by Crippen LogP contribution is 2.44. The molecule has 1 amide bonds. The highest BCUT2D eigenvalue weighted by Gasteiger charge is 2.55. The Morgan fingerprint density at radius 2 is 1.95 bits per heavy atom. The Morgan fingerprint density at radius 3 is 2.50 bits per heavy atom. The Balaban J connectivity index is 1.98. The number of carbonyl (C=O) groups excluding carboxylic acids is 2. The van der Waals surface area contributed by atoms with Crippen LogP contribution >= 0.6 is 0 Å². The van der Waals surface area contributed by atoms with Gasteiger partial charge in [0, 0.05) is 25.1 Å². The lowest BCUT2D eigenvalue weighted by Gasteiger charge is -2.54. The molecule has 0 aromatic heterocycles. The van der Waals surface area contributed by atoms with E-state index in [1.807, 2.05) is 20.8 Å². The monoisotopic (exact) mass is 285 g/mol. The van der Waals surface area contributed by atoms with Crippen LogP contribution in [-0.2, 0) is 19.0 Å². The molecule has 2 aliphatic rings. The van der Waals surface area contributed by atoms with E-state index in [-0.39, 0.29) is 23.4 Å². The molecule has 0 aromatic carbocycles. The Morgan fingerprint density at radius 1 is 1.30 bits per heavy atom. The molecule has 0 bridgehead atoms. The molecule has 1 atom stereocenters. The first-order valence-corrected chi connectivity index (χ1v) is 6.91. The van der Waals surface area contributed by atoms with E-state index in [0.29, 0.717) is 26.3 Å². The van der Waals surface area contributed by atoms with Crippen LogP contribution in [0.25, 0.3) is 0 Å². The third kappa shape index (κ3) is 2.90. The molecule has 1 unspecified atom stereocenters. The predicted molar refractivity (Wildman–Crippen MR) is 71.2 cm³/mol. The lowest BCUT2D eigenvalue weighted by atomic mass is 9.66. The molecule has 2 fully saturated rings. The molecule has 1 spiro atoms. The Labute approximate surface area is 119 Å². The lowest BCUT2D eigenvalue weighted by Crippen LogP contribution is -2.65. The van der Waals surface area contributed by atoms with Crippen molar-refractivity contribution in [3.63, 3.8) is 0 Å². The van der Waals surface area contributed by atoms with Crippen LogP contribution in [0, 0.1) is 11.3 Å².